The summed E-state index contributed by atoms with van der Waals surface area (Å²) in [6.45, 7) is 4.25. The lowest BCUT2D eigenvalue weighted by Gasteiger charge is -2.14. The molecule has 1 heterocycles. The van der Waals surface area contributed by atoms with Crippen LogP contribution in [0.25, 0.3) is 0 Å². The fraction of sp³-hybridized carbons (Fsp3) is 0.421. The highest BCUT2D eigenvalue weighted by Crippen LogP contribution is 2.40. The molecule has 1 aliphatic carbocycles. The third-order valence-electron chi connectivity index (χ3n) is 4.31. The molecule has 1 aromatic heterocycles. The van der Waals surface area contributed by atoms with Gasteiger partial charge in [-0.25, -0.2) is 9.78 Å². The Morgan fingerprint density at radius 2 is 2.00 bits per heavy atom. The van der Waals surface area contributed by atoms with E-state index in [0.717, 1.165) is 23.6 Å². The molecule has 2 aromatic rings. The summed E-state index contributed by atoms with van der Waals surface area (Å²) in [5.74, 6) is 1.62. The first kappa shape index (κ1) is 17.2. The Labute approximate surface area is 148 Å². The van der Waals surface area contributed by atoms with Crippen molar-refractivity contribution < 1.29 is 9.53 Å². The Morgan fingerprint density at radius 3 is 2.60 bits per heavy atom. The number of hydrogen-bond donors (Lipinski definition) is 2. The summed E-state index contributed by atoms with van der Waals surface area (Å²) in [6, 6.07) is 9.47. The average Bonchev–Trinajstić information content (AvgIpc) is 3.46. The number of anilines is 3. The van der Waals surface area contributed by atoms with E-state index in [-0.39, 0.29) is 5.97 Å². The topological polar surface area (TPSA) is 76.1 Å². The van der Waals surface area contributed by atoms with E-state index in [4.69, 9.17) is 4.74 Å². The molecule has 0 saturated heterocycles. The minimum Gasteiger partial charge on any atom is -0.465 e. The smallest absolute Gasteiger partial charge is 0.337 e. The fourth-order valence-electron chi connectivity index (χ4n) is 2.46. The van der Waals surface area contributed by atoms with Gasteiger partial charge >= 0.3 is 5.97 Å². The van der Waals surface area contributed by atoms with Crippen LogP contribution < -0.4 is 10.6 Å². The lowest BCUT2D eigenvalue weighted by molar-refractivity contribution is 0.0601. The molecule has 1 aliphatic rings. The van der Waals surface area contributed by atoms with Crippen molar-refractivity contribution in [2.24, 2.45) is 0 Å². The molecule has 0 bridgehead atoms. The van der Waals surface area contributed by atoms with Crippen LogP contribution in [-0.2, 0) is 4.74 Å². The second-order valence-corrected chi connectivity index (χ2v) is 6.42. The van der Waals surface area contributed by atoms with Gasteiger partial charge in [0.1, 0.15) is 5.82 Å². The first-order valence-corrected chi connectivity index (χ1v) is 8.70. The second-order valence-electron chi connectivity index (χ2n) is 6.42. The molecule has 0 radical (unpaired) electrons. The molecule has 1 aromatic carbocycles. The van der Waals surface area contributed by atoms with Gasteiger partial charge in [-0.15, -0.1) is 0 Å². The molecule has 2 N–H and O–H groups in total. The Kier molecular flexibility index (Phi) is 5.16. The number of aromatic nitrogens is 2. The van der Waals surface area contributed by atoms with Crippen LogP contribution in [0.15, 0.2) is 30.3 Å². The Hall–Kier alpha value is -2.63. The van der Waals surface area contributed by atoms with Crippen LogP contribution in [0.5, 0.6) is 0 Å². The zero-order valence-electron chi connectivity index (χ0n) is 14.9. The van der Waals surface area contributed by atoms with Gasteiger partial charge in [-0.05, 0) is 50.5 Å². The SMILES string of the molecule is CC[C@H](C)Nc1nc(Nc2ccc(C(=O)OC)cc2)cc(C2CC2)n1. The molecule has 0 aliphatic heterocycles. The van der Waals surface area contributed by atoms with Gasteiger partial charge in [0, 0.05) is 23.7 Å². The van der Waals surface area contributed by atoms with Crippen LogP contribution in [-0.4, -0.2) is 29.1 Å². The quantitative estimate of drug-likeness (QED) is 0.739. The zero-order chi connectivity index (χ0) is 17.8. The number of carbonyl (C=O) groups is 1. The second kappa shape index (κ2) is 7.51. The predicted molar refractivity (Wildman–Crippen MR) is 98.4 cm³/mol. The van der Waals surface area contributed by atoms with E-state index in [1.165, 1.54) is 20.0 Å². The van der Waals surface area contributed by atoms with E-state index in [1.54, 1.807) is 12.1 Å². The highest BCUT2D eigenvalue weighted by molar-refractivity contribution is 5.89. The van der Waals surface area contributed by atoms with Crippen LogP contribution in [0, 0.1) is 0 Å². The third-order valence-corrected chi connectivity index (χ3v) is 4.31. The van der Waals surface area contributed by atoms with Crippen LogP contribution in [0.2, 0.25) is 0 Å². The van der Waals surface area contributed by atoms with Gasteiger partial charge in [-0.1, -0.05) is 6.92 Å². The Balaban J connectivity index is 1.79. The highest BCUT2D eigenvalue weighted by atomic mass is 16.5. The van der Waals surface area contributed by atoms with Crippen molar-refractivity contribution in [1.82, 2.24) is 9.97 Å². The molecular weight excluding hydrogens is 316 g/mol. The number of nitrogens with zero attached hydrogens (tertiary/aromatic N) is 2. The van der Waals surface area contributed by atoms with Gasteiger partial charge < -0.3 is 15.4 Å². The van der Waals surface area contributed by atoms with Crippen molar-refractivity contribution >= 4 is 23.4 Å². The fourth-order valence-corrected chi connectivity index (χ4v) is 2.46. The van der Waals surface area contributed by atoms with Gasteiger partial charge in [0.25, 0.3) is 0 Å². The summed E-state index contributed by atoms with van der Waals surface area (Å²) in [5.41, 5.74) is 2.46. The van der Waals surface area contributed by atoms with E-state index >= 15 is 0 Å². The third kappa shape index (κ3) is 4.47. The van der Waals surface area contributed by atoms with Crippen LogP contribution in [0.4, 0.5) is 17.5 Å². The first-order valence-electron chi connectivity index (χ1n) is 8.70. The summed E-state index contributed by atoms with van der Waals surface area (Å²) in [6.07, 6.45) is 3.38. The van der Waals surface area contributed by atoms with Crippen LogP contribution in [0.3, 0.4) is 0 Å². The summed E-state index contributed by atoms with van der Waals surface area (Å²) in [7, 11) is 1.38. The minimum absolute atomic E-state index is 0.321. The molecule has 0 amide bonds. The van der Waals surface area contributed by atoms with Gasteiger partial charge in [-0.3, -0.25) is 0 Å². The molecule has 6 nitrogen and oxygen atoms in total. The zero-order valence-corrected chi connectivity index (χ0v) is 14.9. The lowest BCUT2D eigenvalue weighted by Crippen LogP contribution is -2.16. The monoisotopic (exact) mass is 340 g/mol. The molecule has 25 heavy (non-hydrogen) atoms. The maximum atomic E-state index is 11.5. The largest absolute Gasteiger partial charge is 0.465 e. The van der Waals surface area contributed by atoms with E-state index in [1.807, 2.05) is 18.2 Å². The summed E-state index contributed by atoms with van der Waals surface area (Å²) < 4.78 is 4.72. The molecule has 0 unspecified atom stereocenters. The van der Waals surface area contributed by atoms with E-state index < -0.39 is 0 Å². The van der Waals surface area contributed by atoms with E-state index in [0.29, 0.717) is 23.5 Å². The van der Waals surface area contributed by atoms with Gasteiger partial charge in [0.2, 0.25) is 5.95 Å². The Morgan fingerprint density at radius 1 is 1.28 bits per heavy atom. The predicted octanol–water partition coefficient (Wildman–Crippen LogP) is 4.09. The molecule has 1 saturated carbocycles. The number of esters is 1. The van der Waals surface area contributed by atoms with Crippen molar-refractivity contribution in [3.63, 3.8) is 0 Å². The van der Waals surface area contributed by atoms with Gasteiger partial charge in [-0.2, -0.15) is 4.98 Å². The molecule has 1 fully saturated rings. The average molecular weight is 340 g/mol. The number of rotatable bonds is 7. The van der Waals surface area contributed by atoms with Gasteiger partial charge in [0.05, 0.1) is 18.4 Å². The van der Waals surface area contributed by atoms with E-state index in [2.05, 4.69) is 34.4 Å². The Bertz CT molecular complexity index is 742. The van der Waals surface area contributed by atoms with Gasteiger partial charge in [0.15, 0.2) is 0 Å². The summed E-state index contributed by atoms with van der Waals surface area (Å²) >= 11 is 0. The summed E-state index contributed by atoms with van der Waals surface area (Å²) in [5, 5.41) is 6.65. The maximum Gasteiger partial charge on any atom is 0.337 e. The number of ether oxygens (including phenoxy) is 1. The molecule has 6 heteroatoms. The minimum atomic E-state index is -0.343. The van der Waals surface area contributed by atoms with Crippen molar-refractivity contribution in [1.29, 1.82) is 0 Å². The number of carbonyl (C=O) groups excluding carboxylic acids is 1. The molecular formula is C19H24N4O2. The standard InChI is InChI=1S/C19H24N4O2/c1-4-12(2)20-19-22-16(13-5-6-13)11-17(23-19)21-15-9-7-14(8-10-15)18(24)25-3/h7-13H,4-6H2,1-3H3,(H2,20,21,22,23)/t12-/m0/s1. The lowest BCUT2D eigenvalue weighted by atomic mass is 10.2. The highest BCUT2D eigenvalue weighted by Gasteiger charge is 2.26. The van der Waals surface area contributed by atoms with E-state index in [9.17, 15) is 4.79 Å². The summed E-state index contributed by atoms with van der Waals surface area (Å²) in [4.78, 5) is 20.7. The normalized spacial score (nSPS) is 14.7. The van der Waals surface area contributed by atoms with Crippen molar-refractivity contribution in [2.75, 3.05) is 17.7 Å². The maximum absolute atomic E-state index is 11.5. The number of methoxy groups -OCH3 is 1. The molecule has 0 spiro atoms. The molecule has 132 valence electrons. The van der Waals surface area contributed by atoms with Crippen molar-refractivity contribution in [3.8, 4) is 0 Å². The molecule has 3 rings (SSSR count). The van der Waals surface area contributed by atoms with Crippen molar-refractivity contribution in [2.45, 2.75) is 45.1 Å². The molecule has 1 atom stereocenters. The van der Waals surface area contributed by atoms with Crippen LogP contribution >= 0.6 is 0 Å². The van der Waals surface area contributed by atoms with Crippen LogP contribution in [0.1, 0.15) is 55.1 Å². The first-order chi connectivity index (χ1) is 12.1. The number of benzene rings is 1. The number of nitrogens with one attached hydrogen (secondary N) is 2. The number of hydrogen-bond acceptors (Lipinski definition) is 6. The van der Waals surface area contributed by atoms with Crippen molar-refractivity contribution in [3.05, 3.63) is 41.6 Å².